The monoisotopic (exact) mass is 237 g/mol. The fourth-order valence-corrected chi connectivity index (χ4v) is 2.40. The van der Waals surface area contributed by atoms with Crippen molar-refractivity contribution < 1.29 is 0 Å². The molecule has 3 atom stereocenters. The highest BCUT2D eigenvalue weighted by Gasteiger charge is 2.32. The predicted octanol–water partition coefficient (Wildman–Crippen LogP) is 4.04. The summed E-state index contributed by atoms with van der Waals surface area (Å²) in [7, 11) is 0. The van der Waals surface area contributed by atoms with Crippen molar-refractivity contribution in [1.82, 2.24) is 5.32 Å². The Kier molecular flexibility index (Phi) is 3.88. The first kappa shape index (κ1) is 11.9. The van der Waals surface area contributed by atoms with Gasteiger partial charge in [0.15, 0.2) is 0 Å². The normalized spacial score (nSPS) is 25.4. The molecule has 0 bridgehead atoms. The van der Waals surface area contributed by atoms with E-state index >= 15 is 0 Å². The number of benzene rings is 1. The first-order valence-electron chi connectivity index (χ1n) is 6.19. The molecule has 0 aromatic heterocycles. The number of nitrogens with one attached hydrogen (secondary N) is 1. The van der Waals surface area contributed by atoms with Crippen molar-refractivity contribution in [3.63, 3.8) is 0 Å². The zero-order valence-corrected chi connectivity index (χ0v) is 10.8. The minimum absolute atomic E-state index is 0.450. The minimum atomic E-state index is 0.450. The van der Waals surface area contributed by atoms with Crippen LogP contribution in [0.15, 0.2) is 24.3 Å². The molecule has 2 rings (SSSR count). The van der Waals surface area contributed by atoms with E-state index in [2.05, 4.69) is 31.3 Å². The lowest BCUT2D eigenvalue weighted by Gasteiger charge is -2.17. The highest BCUT2D eigenvalue weighted by Crippen LogP contribution is 2.37. The summed E-state index contributed by atoms with van der Waals surface area (Å²) in [4.78, 5) is 0. The molecule has 0 saturated heterocycles. The number of hydrogen-bond acceptors (Lipinski definition) is 1. The molecule has 0 aliphatic heterocycles. The molecule has 0 radical (unpaired) electrons. The van der Waals surface area contributed by atoms with Crippen LogP contribution in [0.3, 0.4) is 0 Å². The lowest BCUT2D eigenvalue weighted by atomic mass is 10.0. The Morgan fingerprint density at radius 1 is 1.50 bits per heavy atom. The van der Waals surface area contributed by atoms with Gasteiger partial charge in [-0.25, -0.2) is 0 Å². The fourth-order valence-electron chi connectivity index (χ4n) is 2.20. The van der Waals surface area contributed by atoms with E-state index in [1.54, 1.807) is 0 Å². The van der Waals surface area contributed by atoms with E-state index in [-0.39, 0.29) is 0 Å². The van der Waals surface area contributed by atoms with Crippen molar-refractivity contribution >= 4 is 11.6 Å². The van der Waals surface area contributed by atoms with E-state index in [0.29, 0.717) is 6.04 Å². The second-order valence-corrected chi connectivity index (χ2v) is 5.33. The molecule has 0 heterocycles. The van der Waals surface area contributed by atoms with E-state index < -0.39 is 0 Å². The van der Waals surface area contributed by atoms with Gasteiger partial charge in [0.2, 0.25) is 0 Å². The third kappa shape index (κ3) is 2.99. The summed E-state index contributed by atoms with van der Waals surface area (Å²) >= 11 is 6.02. The molecular weight excluding hydrogens is 218 g/mol. The van der Waals surface area contributed by atoms with Gasteiger partial charge in [0, 0.05) is 11.1 Å². The van der Waals surface area contributed by atoms with Crippen molar-refractivity contribution in [2.75, 3.05) is 6.54 Å². The van der Waals surface area contributed by atoms with E-state index in [1.807, 2.05) is 12.1 Å². The molecule has 0 spiro atoms. The van der Waals surface area contributed by atoms with Gasteiger partial charge in [-0.15, -0.1) is 0 Å². The molecule has 88 valence electrons. The van der Waals surface area contributed by atoms with E-state index in [0.717, 1.165) is 29.8 Å². The van der Waals surface area contributed by atoms with Crippen molar-refractivity contribution in [3.8, 4) is 0 Å². The molecule has 1 N–H and O–H groups in total. The quantitative estimate of drug-likeness (QED) is 0.815. The van der Waals surface area contributed by atoms with Gasteiger partial charge < -0.3 is 5.32 Å². The van der Waals surface area contributed by atoms with Crippen molar-refractivity contribution in [3.05, 3.63) is 34.9 Å². The topological polar surface area (TPSA) is 12.0 Å². The molecule has 1 aromatic rings. The van der Waals surface area contributed by atoms with Crippen LogP contribution in [0.1, 0.15) is 38.3 Å². The Bertz CT molecular complexity index is 350. The van der Waals surface area contributed by atoms with Gasteiger partial charge in [0.1, 0.15) is 0 Å². The van der Waals surface area contributed by atoms with Crippen molar-refractivity contribution in [1.29, 1.82) is 0 Å². The van der Waals surface area contributed by atoms with Crippen molar-refractivity contribution in [2.24, 2.45) is 11.8 Å². The van der Waals surface area contributed by atoms with Crippen LogP contribution in [0.2, 0.25) is 5.02 Å². The molecule has 0 amide bonds. The number of halogens is 1. The average Bonchev–Trinajstić information content (AvgIpc) is 2.96. The van der Waals surface area contributed by atoms with Crippen LogP contribution >= 0.6 is 11.6 Å². The molecule has 16 heavy (non-hydrogen) atoms. The first-order chi connectivity index (χ1) is 7.70. The van der Waals surface area contributed by atoms with Crippen LogP contribution in [0.4, 0.5) is 0 Å². The Hall–Kier alpha value is -0.530. The summed E-state index contributed by atoms with van der Waals surface area (Å²) in [6.45, 7) is 5.69. The smallest absolute Gasteiger partial charge is 0.0409 e. The number of hydrogen-bond donors (Lipinski definition) is 1. The van der Waals surface area contributed by atoms with Crippen LogP contribution in [-0.2, 0) is 0 Å². The van der Waals surface area contributed by atoms with E-state index in [9.17, 15) is 0 Å². The maximum Gasteiger partial charge on any atom is 0.0409 e. The van der Waals surface area contributed by atoms with Crippen LogP contribution in [0, 0.1) is 11.8 Å². The van der Waals surface area contributed by atoms with E-state index in [1.165, 1.54) is 12.0 Å². The third-order valence-corrected chi connectivity index (χ3v) is 3.80. The summed E-state index contributed by atoms with van der Waals surface area (Å²) in [6.07, 6.45) is 2.50. The molecule has 1 fully saturated rings. The second kappa shape index (κ2) is 5.20. The number of rotatable bonds is 5. The Morgan fingerprint density at radius 2 is 2.25 bits per heavy atom. The lowest BCUT2D eigenvalue weighted by Crippen LogP contribution is -2.23. The zero-order valence-electron chi connectivity index (χ0n) is 10.0. The molecule has 1 saturated carbocycles. The SMILES string of the molecule is CCC(NCC1CC1C)c1cccc(Cl)c1. The van der Waals surface area contributed by atoms with Crippen LogP contribution in [-0.4, -0.2) is 6.54 Å². The van der Waals surface area contributed by atoms with Crippen LogP contribution in [0.25, 0.3) is 0 Å². The molecule has 1 aliphatic rings. The fraction of sp³-hybridized carbons (Fsp3) is 0.571. The molecule has 1 nitrogen and oxygen atoms in total. The Balaban J connectivity index is 1.93. The van der Waals surface area contributed by atoms with Gasteiger partial charge in [0.25, 0.3) is 0 Å². The highest BCUT2D eigenvalue weighted by molar-refractivity contribution is 6.30. The Morgan fingerprint density at radius 3 is 2.81 bits per heavy atom. The summed E-state index contributed by atoms with van der Waals surface area (Å²) in [5, 5.41) is 4.48. The maximum absolute atomic E-state index is 6.02. The van der Waals surface area contributed by atoms with Crippen LogP contribution in [0.5, 0.6) is 0 Å². The van der Waals surface area contributed by atoms with Gasteiger partial charge in [-0.1, -0.05) is 37.6 Å². The van der Waals surface area contributed by atoms with Gasteiger partial charge in [-0.3, -0.25) is 0 Å². The third-order valence-electron chi connectivity index (χ3n) is 3.56. The Labute approximate surface area is 103 Å². The summed E-state index contributed by atoms with van der Waals surface area (Å²) < 4.78 is 0. The van der Waals surface area contributed by atoms with Crippen molar-refractivity contribution in [2.45, 2.75) is 32.7 Å². The largest absolute Gasteiger partial charge is 0.310 e. The van der Waals surface area contributed by atoms with Gasteiger partial charge >= 0.3 is 0 Å². The molecule has 2 heteroatoms. The zero-order chi connectivity index (χ0) is 11.5. The van der Waals surface area contributed by atoms with E-state index in [4.69, 9.17) is 11.6 Å². The predicted molar refractivity (Wildman–Crippen MR) is 69.8 cm³/mol. The second-order valence-electron chi connectivity index (χ2n) is 4.90. The maximum atomic E-state index is 6.02. The summed E-state index contributed by atoms with van der Waals surface area (Å²) in [5.74, 6) is 1.82. The minimum Gasteiger partial charge on any atom is -0.310 e. The average molecular weight is 238 g/mol. The van der Waals surface area contributed by atoms with Gasteiger partial charge in [0.05, 0.1) is 0 Å². The molecule has 3 unspecified atom stereocenters. The standard InChI is InChI=1S/C14H20ClN/c1-3-14(16-9-12-7-10(12)2)11-5-4-6-13(15)8-11/h4-6,8,10,12,14,16H,3,7,9H2,1-2H3. The molecule has 1 aliphatic carbocycles. The summed E-state index contributed by atoms with van der Waals surface area (Å²) in [5.41, 5.74) is 1.31. The van der Waals surface area contributed by atoms with Gasteiger partial charge in [-0.2, -0.15) is 0 Å². The van der Waals surface area contributed by atoms with Gasteiger partial charge in [-0.05, 0) is 48.9 Å². The molecule has 1 aromatic carbocycles. The summed E-state index contributed by atoms with van der Waals surface area (Å²) in [6, 6.07) is 8.64. The lowest BCUT2D eigenvalue weighted by molar-refractivity contribution is 0.493. The van der Waals surface area contributed by atoms with Crippen LogP contribution < -0.4 is 5.32 Å². The first-order valence-corrected chi connectivity index (χ1v) is 6.57. The molecular formula is C14H20ClN. The highest BCUT2D eigenvalue weighted by atomic mass is 35.5.